The fourth-order valence-corrected chi connectivity index (χ4v) is 3.99. The third kappa shape index (κ3) is 5.19. The van der Waals surface area contributed by atoms with Crippen LogP contribution < -0.4 is 16.0 Å². The predicted molar refractivity (Wildman–Crippen MR) is 116 cm³/mol. The molecule has 2 atom stereocenters. The number of benzene rings is 1. The number of aryl methyl sites for hydroxylation is 1. The first-order valence-electron chi connectivity index (χ1n) is 8.93. The molecule has 0 aliphatic carbocycles. The van der Waals surface area contributed by atoms with Crippen LogP contribution in [0.2, 0.25) is 5.02 Å². The number of aromatic nitrogens is 4. The molecular weight excluding hydrogens is 455 g/mol. The Hall–Kier alpha value is -1.98. The number of aromatic amines is 1. The number of rotatable bonds is 9. The van der Waals surface area contributed by atoms with Gasteiger partial charge in [0.25, 0.3) is 5.56 Å². The van der Waals surface area contributed by atoms with Crippen molar-refractivity contribution in [2.24, 2.45) is 7.05 Å². The molecule has 12 heteroatoms. The Morgan fingerprint density at radius 3 is 2.60 bits per heavy atom. The molecule has 2 aromatic heterocycles. The van der Waals surface area contributed by atoms with E-state index in [4.69, 9.17) is 27.9 Å². The number of aliphatic hydroxyl groups excluding tert-OH is 2. The molecule has 0 bridgehead atoms. The quantitative estimate of drug-likeness (QED) is 0.314. The molecule has 1 aromatic carbocycles. The van der Waals surface area contributed by atoms with E-state index in [2.05, 4.69) is 9.97 Å². The van der Waals surface area contributed by atoms with Crippen LogP contribution in [0.3, 0.4) is 0 Å². The number of thioether (sulfide) groups is 1. The van der Waals surface area contributed by atoms with Gasteiger partial charge in [-0.05, 0) is 24.3 Å². The Labute approximate surface area is 185 Å². The van der Waals surface area contributed by atoms with Crippen molar-refractivity contribution in [1.29, 1.82) is 0 Å². The minimum absolute atomic E-state index is 0.00925. The van der Waals surface area contributed by atoms with Crippen molar-refractivity contribution in [3.63, 3.8) is 0 Å². The van der Waals surface area contributed by atoms with E-state index in [0.717, 1.165) is 0 Å². The second-order valence-electron chi connectivity index (χ2n) is 6.53. The van der Waals surface area contributed by atoms with Gasteiger partial charge in [-0.3, -0.25) is 14.3 Å². The Morgan fingerprint density at radius 1 is 1.23 bits per heavy atom. The zero-order chi connectivity index (χ0) is 21.8. The molecule has 0 aliphatic rings. The molecular formula is C18H20Cl2N4O5S. The smallest absolute Gasteiger partial charge is 0.329 e. The maximum Gasteiger partial charge on any atom is 0.329 e. The molecule has 0 radical (unpaired) electrons. The monoisotopic (exact) mass is 474 g/mol. The molecule has 0 aliphatic heterocycles. The summed E-state index contributed by atoms with van der Waals surface area (Å²) < 4.78 is 8.29. The Kier molecular flexibility index (Phi) is 7.48. The highest BCUT2D eigenvalue weighted by molar-refractivity contribution is 7.99. The number of H-pyrrole nitrogens is 1. The summed E-state index contributed by atoms with van der Waals surface area (Å²) in [7, 11) is 1.49. The van der Waals surface area contributed by atoms with Crippen molar-refractivity contribution < 1.29 is 14.9 Å². The van der Waals surface area contributed by atoms with Gasteiger partial charge < -0.3 is 19.5 Å². The van der Waals surface area contributed by atoms with Gasteiger partial charge in [0.05, 0.1) is 12.6 Å². The third-order valence-electron chi connectivity index (χ3n) is 4.20. The van der Waals surface area contributed by atoms with Crippen molar-refractivity contribution in [3.8, 4) is 5.75 Å². The van der Waals surface area contributed by atoms with E-state index in [1.807, 2.05) is 0 Å². The van der Waals surface area contributed by atoms with E-state index in [1.54, 1.807) is 24.3 Å². The zero-order valence-corrected chi connectivity index (χ0v) is 18.2. The molecule has 30 heavy (non-hydrogen) atoms. The fourth-order valence-electron chi connectivity index (χ4n) is 2.70. The molecule has 0 saturated carbocycles. The molecule has 3 N–H and O–H groups in total. The summed E-state index contributed by atoms with van der Waals surface area (Å²) in [5.74, 6) is 0.814. The third-order valence-corrected chi connectivity index (χ3v) is 5.93. The number of ether oxygens (including phenoxy) is 1. The Bertz CT molecular complexity index is 1130. The molecule has 0 unspecified atom stereocenters. The maximum absolute atomic E-state index is 12.4. The fraction of sp³-hybridized carbons (Fsp3) is 0.389. The topological polar surface area (TPSA) is 122 Å². The summed E-state index contributed by atoms with van der Waals surface area (Å²) >= 11 is 12.7. The lowest BCUT2D eigenvalue weighted by Gasteiger charge is -2.15. The highest BCUT2D eigenvalue weighted by Crippen LogP contribution is 2.23. The molecule has 0 fully saturated rings. The van der Waals surface area contributed by atoms with E-state index in [0.29, 0.717) is 15.9 Å². The van der Waals surface area contributed by atoms with E-state index >= 15 is 0 Å². The average Bonchev–Trinajstić information content (AvgIpc) is 3.08. The number of nitrogens with one attached hydrogen (secondary N) is 1. The molecule has 0 spiro atoms. The van der Waals surface area contributed by atoms with Gasteiger partial charge in [0.15, 0.2) is 16.3 Å². The lowest BCUT2D eigenvalue weighted by molar-refractivity contribution is 0.0913. The van der Waals surface area contributed by atoms with Crippen LogP contribution in [0.15, 0.2) is 39.0 Å². The first-order valence-corrected chi connectivity index (χ1v) is 10.8. The van der Waals surface area contributed by atoms with Crippen LogP contribution in [0.1, 0.15) is 0 Å². The summed E-state index contributed by atoms with van der Waals surface area (Å²) in [4.78, 5) is 30.9. The van der Waals surface area contributed by atoms with Crippen molar-refractivity contribution in [2.75, 3.05) is 18.2 Å². The summed E-state index contributed by atoms with van der Waals surface area (Å²) in [6.45, 7) is -0.0515. The van der Waals surface area contributed by atoms with Gasteiger partial charge in [-0.25, -0.2) is 9.78 Å². The van der Waals surface area contributed by atoms with Crippen LogP contribution in [0.5, 0.6) is 5.75 Å². The number of nitrogens with zero attached hydrogens (tertiary/aromatic N) is 3. The number of fused-ring (bicyclic) bond motifs is 1. The molecule has 3 aromatic rings. The standard InChI is InChI=1S/C18H20Cl2N4O5S/c1-23-15-14(16(27)22-17(23)28)24(18(21-15)30-9-11(25)6-19)7-12(26)8-29-13-4-2-10(20)3-5-13/h2-5,11-12,25-26H,6-9H2,1H3,(H,22,27,28)/t11-,12+/m0/s1. The summed E-state index contributed by atoms with van der Waals surface area (Å²) in [5.41, 5.74) is -0.889. The summed E-state index contributed by atoms with van der Waals surface area (Å²) in [6.07, 6.45) is -1.75. The first-order chi connectivity index (χ1) is 14.3. The van der Waals surface area contributed by atoms with Crippen molar-refractivity contribution >= 4 is 46.1 Å². The van der Waals surface area contributed by atoms with E-state index in [-0.39, 0.29) is 35.9 Å². The molecule has 2 heterocycles. The highest BCUT2D eigenvalue weighted by Gasteiger charge is 2.21. The van der Waals surface area contributed by atoms with Gasteiger partial charge in [-0.1, -0.05) is 23.4 Å². The minimum Gasteiger partial charge on any atom is -0.491 e. The first kappa shape index (κ1) is 22.7. The molecule has 9 nitrogen and oxygen atoms in total. The number of hydrogen-bond donors (Lipinski definition) is 3. The second-order valence-corrected chi connectivity index (χ2v) is 8.27. The number of imidazole rings is 1. The number of aliphatic hydroxyl groups is 2. The van der Waals surface area contributed by atoms with Crippen LogP contribution >= 0.6 is 35.0 Å². The van der Waals surface area contributed by atoms with Gasteiger partial charge in [-0.15, -0.1) is 11.6 Å². The van der Waals surface area contributed by atoms with Crippen LogP contribution in [-0.2, 0) is 13.6 Å². The summed E-state index contributed by atoms with van der Waals surface area (Å²) in [6, 6.07) is 6.70. The van der Waals surface area contributed by atoms with Crippen LogP contribution in [0.4, 0.5) is 0 Å². The van der Waals surface area contributed by atoms with Gasteiger partial charge in [-0.2, -0.15) is 0 Å². The van der Waals surface area contributed by atoms with Gasteiger partial charge in [0, 0.05) is 23.7 Å². The Morgan fingerprint density at radius 2 is 1.93 bits per heavy atom. The predicted octanol–water partition coefficient (Wildman–Crippen LogP) is 1.21. The van der Waals surface area contributed by atoms with Crippen molar-refractivity contribution in [1.82, 2.24) is 19.1 Å². The molecule has 0 amide bonds. The molecule has 162 valence electrons. The number of hydrogen-bond acceptors (Lipinski definition) is 7. The van der Waals surface area contributed by atoms with Crippen LogP contribution in [0, 0.1) is 0 Å². The van der Waals surface area contributed by atoms with E-state index < -0.39 is 23.5 Å². The van der Waals surface area contributed by atoms with Gasteiger partial charge >= 0.3 is 5.69 Å². The molecule has 3 rings (SSSR count). The Balaban J connectivity index is 1.87. The lowest BCUT2D eigenvalue weighted by Crippen LogP contribution is -2.30. The second kappa shape index (κ2) is 9.88. The van der Waals surface area contributed by atoms with Crippen molar-refractivity contribution in [3.05, 3.63) is 50.1 Å². The highest BCUT2D eigenvalue weighted by atomic mass is 35.5. The summed E-state index contributed by atoms with van der Waals surface area (Å²) in [5, 5.41) is 21.2. The average molecular weight is 475 g/mol. The normalized spacial score (nSPS) is 13.5. The lowest BCUT2D eigenvalue weighted by atomic mass is 10.3. The maximum atomic E-state index is 12.4. The largest absolute Gasteiger partial charge is 0.491 e. The SMILES string of the molecule is Cn1c(=O)[nH]c(=O)c2c1nc(SC[C@@H](O)CCl)n2C[C@@H](O)COc1ccc(Cl)cc1. The number of alkyl halides is 1. The van der Waals surface area contributed by atoms with Crippen molar-refractivity contribution in [2.45, 2.75) is 23.9 Å². The van der Waals surface area contributed by atoms with Crippen LogP contribution in [-0.4, -0.2) is 59.8 Å². The van der Waals surface area contributed by atoms with E-state index in [1.165, 1.54) is 27.9 Å². The minimum atomic E-state index is -0.980. The van der Waals surface area contributed by atoms with Crippen LogP contribution in [0.25, 0.3) is 11.2 Å². The zero-order valence-electron chi connectivity index (χ0n) is 15.9. The molecule has 0 saturated heterocycles. The number of halogens is 2. The van der Waals surface area contributed by atoms with Gasteiger partial charge in [0.2, 0.25) is 0 Å². The van der Waals surface area contributed by atoms with Gasteiger partial charge in [0.1, 0.15) is 18.5 Å². The van der Waals surface area contributed by atoms with E-state index in [9.17, 15) is 19.8 Å².